The average molecular weight is 388 g/mol. The van der Waals surface area contributed by atoms with Gasteiger partial charge in [0, 0.05) is 28.8 Å². The Morgan fingerprint density at radius 1 is 1.29 bits per heavy atom. The molecule has 0 radical (unpaired) electrons. The van der Waals surface area contributed by atoms with Crippen molar-refractivity contribution in [3.63, 3.8) is 0 Å². The lowest BCUT2D eigenvalue weighted by Crippen LogP contribution is -2.39. The van der Waals surface area contributed by atoms with Crippen LogP contribution in [0.5, 0.6) is 5.75 Å². The van der Waals surface area contributed by atoms with Gasteiger partial charge in [-0.25, -0.2) is 0 Å². The van der Waals surface area contributed by atoms with Crippen LogP contribution in [0.2, 0.25) is 0 Å². The maximum absolute atomic E-state index is 10.2. The van der Waals surface area contributed by atoms with E-state index in [4.69, 9.17) is 0 Å². The van der Waals surface area contributed by atoms with Crippen molar-refractivity contribution in [2.45, 2.75) is 18.9 Å². The first kappa shape index (κ1) is 15.4. The lowest BCUT2D eigenvalue weighted by atomic mass is 10.1. The highest BCUT2D eigenvalue weighted by atomic mass is 79.9. The van der Waals surface area contributed by atoms with Crippen molar-refractivity contribution >= 4 is 27.4 Å². The number of rotatable bonds is 3. The maximum atomic E-state index is 10.2. The normalized spacial score (nSPS) is 18.0. The second-order valence-electron chi connectivity index (χ2n) is 5.98. The molecule has 6 nitrogen and oxygen atoms in total. The SMILES string of the molecule is Oc1cc(Br)ccc1-c1nnc(N[C@@H]2CCCNC2)n2cccc12. The van der Waals surface area contributed by atoms with E-state index in [1.165, 1.54) is 0 Å². The molecule has 124 valence electrons. The predicted molar refractivity (Wildman–Crippen MR) is 97.3 cm³/mol. The van der Waals surface area contributed by atoms with E-state index in [-0.39, 0.29) is 5.75 Å². The van der Waals surface area contributed by atoms with Crippen LogP contribution in [-0.4, -0.2) is 38.8 Å². The van der Waals surface area contributed by atoms with Gasteiger partial charge in [-0.05, 0) is 49.7 Å². The number of nitrogens with one attached hydrogen (secondary N) is 2. The quantitative estimate of drug-likeness (QED) is 0.643. The van der Waals surface area contributed by atoms with Crippen LogP contribution < -0.4 is 10.6 Å². The van der Waals surface area contributed by atoms with Crippen LogP contribution in [0.25, 0.3) is 16.8 Å². The van der Waals surface area contributed by atoms with Crippen LogP contribution in [0, 0.1) is 0 Å². The Morgan fingerprint density at radius 3 is 3.00 bits per heavy atom. The summed E-state index contributed by atoms with van der Waals surface area (Å²) in [5, 5.41) is 25.8. The van der Waals surface area contributed by atoms with Crippen molar-refractivity contribution in [1.29, 1.82) is 0 Å². The molecule has 0 amide bonds. The third kappa shape index (κ3) is 2.85. The van der Waals surface area contributed by atoms with E-state index in [0.29, 0.717) is 17.3 Å². The molecule has 24 heavy (non-hydrogen) atoms. The fourth-order valence-electron chi connectivity index (χ4n) is 3.11. The van der Waals surface area contributed by atoms with Crippen molar-refractivity contribution < 1.29 is 5.11 Å². The van der Waals surface area contributed by atoms with Crippen molar-refractivity contribution in [2.24, 2.45) is 0 Å². The molecule has 3 heterocycles. The Balaban J connectivity index is 1.74. The van der Waals surface area contributed by atoms with Crippen molar-refractivity contribution in [1.82, 2.24) is 19.9 Å². The highest BCUT2D eigenvalue weighted by Gasteiger charge is 2.17. The van der Waals surface area contributed by atoms with Gasteiger partial charge >= 0.3 is 0 Å². The molecule has 1 atom stereocenters. The van der Waals surface area contributed by atoms with Gasteiger partial charge < -0.3 is 15.7 Å². The van der Waals surface area contributed by atoms with Gasteiger partial charge in [0.25, 0.3) is 0 Å². The molecule has 7 heteroatoms. The van der Waals surface area contributed by atoms with E-state index >= 15 is 0 Å². The molecule has 3 N–H and O–H groups in total. The number of nitrogens with zero attached hydrogens (tertiary/aromatic N) is 3. The summed E-state index contributed by atoms with van der Waals surface area (Å²) < 4.78 is 2.81. The number of phenolic OH excluding ortho intramolecular Hbond substituents is 1. The van der Waals surface area contributed by atoms with Crippen molar-refractivity contribution in [2.75, 3.05) is 18.4 Å². The van der Waals surface area contributed by atoms with E-state index in [1.807, 2.05) is 34.9 Å². The largest absolute Gasteiger partial charge is 0.507 e. The molecule has 0 spiro atoms. The van der Waals surface area contributed by atoms with Crippen LogP contribution in [-0.2, 0) is 0 Å². The summed E-state index contributed by atoms with van der Waals surface area (Å²) >= 11 is 3.36. The first-order chi connectivity index (χ1) is 11.7. The van der Waals surface area contributed by atoms with Crippen LogP contribution >= 0.6 is 15.9 Å². The van der Waals surface area contributed by atoms with E-state index < -0.39 is 0 Å². The Bertz CT molecular complexity index is 873. The van der Waals surface area contributed by atoms with Gasteiger partial charge in [-0.1, -0.05) is 15.9 Å². The van der Waals surface area contributed by atoms with Crippen LogP contribution in [0.1, 0.15) is 12.8 Å². The minimum Gasteiger partial charge on any atom is -0.507 e. The number of aromatic hydroxyl groups is 1. The zero-order chi connectivity index (χ0) is 16.5. The summed E-state index contributed by atoms with van der Waals surface area (Å²) in [6, 6.07) is 9.68. The Labute approximate surface area is 148 Å². The highest BCUT2D eigenvalue weighted by Crippen LogP contribution is 2.33. The second-order valence-corrected chi connectivity index (χ2v) is 6.90. The van der Waals surface area contributed by atoms with Gasteiger partial charge in [-0.15, -0.1) is 10.2 Å². The number of hydrogen-bond donors (Lipinski definition) is 3. The molecule has 0 saturated carbocycles. The van der Waals surface area contributed by atoms with Crippen LogP contribution in [0.3, 0.4) is 0 Å². The molecule has 1 saturated heterocycles. The van der Waals surface area contributed by atoms with E-state index in [2.05, 4.69) is 36.8 Å². The smallest absolute Gasteiger partial charge is 0.228 e. The summed E-state index contributed by atoms with van der Waals surface area (Å²) in [6.45, 7) is 2.00. The maximum Gasteiger partial charge on any atom is 0.228 e. The third-order valence-corrected chi connectivity index (χ3v) is 4.80. The lowest BCUT2D eigenvalue weighted by Gasteiger charge is -2.24. The summed E-state index contributed by atoms with van der Waals surface area (Å²) in [5.41, 5.74) is 2.24. The highest BCUT2D eigenvalue weighted by molar-refractivity contribution is 9.10. The first-order valence-electron chi connectivity index (χ1n) is 8.02. The predicted octanol–water partition coefficient (Wildman–Crippen LogP) is 3.03. The zero-order valence-electron chi connectivity index (χ0n) is 13.0. The minimum absolute atomic E-state index is 0.180. The minimum atomic E-state index is 0.180. The summed E-state index contributed by atoms with van der Waals surface area (Å²) in [5.74, 6) is 0.906. The fourth-order valence-corrected chi connectivity index (χ4v) is 3.46. The number of benzene rings is 1. The summed E-state index contributed by atoms with van der Waals surface area (Å²) in [6.07, 6.45) is 4.24. The lowest BCUT2D eigenvalue weighted by molar-refractivity contribution is 0.476. The molecule has 3 aromatic rings. The zero-order valence-corrected chi connectivity index (χ0v) is 14.6. The van der Waals surface area contributed by atoms with Gasteiger partial charge in [0.15, 0.2) is 0 Å². The summed E-state index contributed by atoms with van der Waals surface area (Å²) in [4.78, 5) is 0. The molecule has 4 rings (SSSR count). The molecule has 0 unspecified atom stereocenters. The van der Waals surface area contributed by atoms with Gasteiger partial charge in [-0.3, -0.25) is 4.40 Å². The van der Waals surface area contributed by atoms with Gasteiger partial charge in [-0.2, -0.15) is 0 Å². The number of fused-ring (bicyclic) bond motifs is 1. The second kappa shape index (κ2) is 6.41. The number of phenols is 1. The molecular weight excluding hydrogens is 370 g/mol. The van der Waals surface area contributed by atoms with Crippen LogP contribution in [0.15, 0.2) is 41.0 Å². The Hall–Kier alpha value is -2.12. The standard InChI is InChI=1S/C17H18BrN5O/c18-11-5-6-13(15(24)9-11)16-14-4-2-8-23(14)17(22-21-16)20-12-3-1-7-19-10-12/h2,4-6,8-9,12,19,24H,1,3,7,10H2,(H,20,22)/t12-/m1/s1. The van der Waals surface area contributed by atoms with E-state index in [9.17, 15) is 5.11 Å². The molecular formula is C17H18BrN5O. The number of halogens is 1. The van der Waals surface area contributed by atoms with E-state index in [0.717, 1.165) is 41.9 Å². The molecule has 1 aliphatic rings. The molecule has 1 aromatic carbocycles. The summed E-state index contributed by atoms with van der Waals surface area (Å²) in [7, 11) is 0. The third-order valence-electron chi connectivity index (χ3n) is 4.31. The number of hydrogen-bond acceptors (Lipinski definition) is 5. The monoisotopic (exact) mass is 387 g/mol. The average Bonchev–Trinajstić information content (AvgIpc) is 3.07. The van der Waals surface area contributed by atoms with Crippen molar-refractivity contribution in [3.05, 3.63) is 41.0 Å². The van der Waals surface area contributed by atoms with Crippen LogP contribution in [0.4, 0.5) is 5.95 Å². The molecule has 1 fully saturated rings. The fraction of sp³-hybridized carbons (Fsp3) is 0.294. The number of aromatic nitrogens is 3. The molecule has 0 aliphatic carbocycles. The van der Waals surface area contributed by atoms with Gasteiger partial charge in [0.1, 0.15) is 11.4 Å². The molecule has 2 aromatic heterocycles. The van der Waals surface area contributed by atoms with Gasteiger partial charge in [0.05, 0.1) is 5.52 Å². The Morgan fingerprint density at radius 2 is 2.21 bits per heavy atom. The Kier molecular flexibility index (Phi) is 4.12. The van der Waals surface area contributed by atoms with E-state index in [1.54, 1.807) is 6.07 Å². The number of anilines is 1. The topological polar surface area (TPSA) is 74.5 Å². The number of piperidine rings is 1. The van der Waals surface area contributed by atoms with Gasteiger partial charge in [0.2, 0.25) is 5.95 Å². The first-order valence-corrected chi connectivity index (χ1v) is 8.81. The molecule has 0 bridgehead atoms. The molecule has 1 aliphatic heterocycles. The van der Waals surface area contributed by atoms with Crippen molar-refractivity contribution in [3.8, 4) is 17.0 Å².